The van der Waals surface area contributed by atoms with Crippen molar-refractivity contribution >= 4 is 11.7 Å². The summed E-state index contributed by atoms with van der Waals surface area (Å²) in [7, 11) is 0. The van der Waals surface area contributed by atoms with Gasteiger partial charge in [-0.25, -0.2) is 0 Å². The monoisotopic (exact) mass is 260 g/mol. The summed E-state index contributed by atoms with van der Waals surface area (Å²) < 4.78 is 0. The van der Waals surface area contributed by atoms with Gasteiger partial charge >= 0.3 is 0 Å². The summed E-state index contributed by atoms with van der Waals surface area (Å²) in [6.07, 6.45) is 2.03. The Balaban J connectivity index is 1.76. The number of piperidine rings is 1. The van der Waals surface area contributed by atoms with Crippen molar-refractivity contribution in [3.8, 4) is 0 Å². The van der Waals surface area contributed by atoms with Crippen molar-refractivity contribution in [3.05, 3.63) is 35.9 Å². The van der Waals surface area contributed by atoms with Crippen molar-refractivity contribution in [2.45, 2.75) is 19.3 Å². The van der Waals surface area contributed by atoms with Crippen LogP contribution in [0.1, 0.15) is 18.4 Å². The van der Waals surface area contributed by atoms with Gasteiger partial charge in [0.15, 0.2) is 5.78 Å². The number of primary amides is 1. The molecule has 2 N–H and O–H groups in total. The van der Waals surface area contributed by atoms with E-state index in [0.29, 0.717) is 13.0 Å². The zero-order chi connectivity index (χ0) is 13.7. The fourth-order valence-electron chi connectivity index (χ4n) is 2.50. The summed E-state index contributed by atoms with van der Waals surface area (Å²) in [5.41, 5.74) is 6.35. The minimum atomic E-state index is -0.213. The maximum absolute atomic E-state index is 12.0. The van der Waals surface area contributed by atoms with Gasteiger partial charge in [-0.15, -0.1) is 0 Å². The molecule has 0 unspecified atom stereocenters. The van der Waals surface area contributed by atoms with E-state index in [4.69, 9.17) is 5.73 Å². The van der Waals surface area contributed by atoms with Crippen LogP contribution in [0.2, 0.25) is 0 Å². The molecule has 1 aromatic carbocycles. The van der Waals surface area contributed by atoms with Crippen LogP contribution in [-0.2, 0) is 16.0 Å². The van der Waals surface area contributed by atoms with Gasteiger partial charge in [0, 0.05) is 12.3 Å². The molecule has 0 atom stereocenters. The number of nitrogens with zero attached hydrogens (tertiary/aromatic N) is 1. The van der Waals surface area contributed by atoms with Crippen molar-refractivity contribution < 1.29 is 9.59 Å². The number of hydrogen-bond donors (Lipinski definition) is 1. The largest absolute Gasteiger partial charge is 0.369 e. The van der Waals surface area contributed by atoms with Gasteiger partial charge in [-0.05, 0) is 31.5 Å². The zero-order valence-corrected chi connectivity index (χ0v) is 11.0. The van der Waals surface area contributed by atoms with Crippen molar-refractivity contribution in [1.82, 2.24) is 4.90 Å². The maximum Gasteiger partial charge on any atom is 0.220 e. The number of benzene rings is 1. The third-order valence-corrected chi connectivity index (χ3v) is 3.63. The van der Waals surface area contributed by atoms with Gasteiger partial charge in [-0.2, -0.15) is 0 Å². The molecule has 2 rings (SSSR count). The molecule has 0 spiro atoms. The van der Waals surface area contributed by atoms with Crippen molar-refractivity contribution in [2.75, 3.05) is 19.6 Å². The molecule has 4 nitrogen and oxygen atoms in total. The number of hydrogen-bond acceptors (Lipinski definition) is 3. The van der Waals surface area contributed by atoms with Crippen molar-refractivity contribution in [3.63, 3.8) is 0 Å². The molecule has 0 radical (unpaired) electrons. The molecule has 0 aromatic heterocycles. The summed E-state index contributed by atoms with van der Waals surface area (Å²) in [6.45, 7) is 2.04. The van der Waals surface area contributed by atoms with Gasteiger partial charge in [-0.1, -0.05) is 30.3 Å². The minimum Gasteiger partial charge on any atom is -0.369 e. The number of nitrogens with two attached hydrogens (primary N) is 1. The first-order valence-corrected chi connectivity index (χ1v) is 6.72. The third-order valence-electron chi connectivity index (χ3n) is 3.63. The average Bonchev–Trinajstić information content (AvgIpc) is 2.40. The van der Waals surface area contributed by atoms with E-state index in [0.717, 1.165) is 31.5 Å². The van der Waals surface area contributed by atoms with Crippen molar-refractivity contribution in [2.24, 2.45) is 11.7 Å². The molecule has 0 saturated carbocycles. The Bertz CT molecular complexity index is 437. The van der Waals surface area contributed by atoms with Crippen LogP contribution in [0, 0.1) is 5.92 Å². The summed E-state index contributed by atoms with van der Waals surface area (Å²) in [4.78, 5) is 25.1. The molecule has 102 valence electrons. The first-order valence-electron chi connectivity index (χ1n) is 6.72. The van der Waals surface area contributed by atoms with Crippen LogP contribution in [0.5, 0.6) is 0 Å². The van der Waals surface area contributed by atoms with Gasteiger partial charge in [-0.3, -0.25) is 14.5 Å². The van der Waals surface area contributed by atoms with Gasteiger partial charge in [0.1, 0.15) is 0 Å². The number of rotatable bonds is 5. The molecule has 1 aliphatic rings. The van der Waals surface area contributed by atoms with Crippen LogP contribution in [0.4, 0.5) is 0 Å². The van der Waals surface area contributed by atoms with E-state index in [9.17, 15) is 9.59 Å². The van der Waals surface area contributed by atoms with Gasteiger partial charge in [0.25, 0.3) is 0 Å². The highest BCUT2D eigenvalue weighted by atomic mass is 16.1. The van der Waals surface area contributed by atoms with Crippen LogP contribution in [-0.4, -0.2) is 36.2 Å². The molecule has 0 bridgehead atoms. The van der Waals surface area contributed by atoms with E-state index >= 15 is 0 Å². The third kappa shape index (κ3) is 4.17. The predicted octanol–water partition coefficient (Wildman–Crippen LogP) is 0.995. The Kier molecular flexibility index (Phi) is 4.68. The zero-order valence-electron chi connectivity index (χ0n) is 11.0. The molecular formula is C15H20N2O2. The lowest BCUT2D eigenvalue weighted by atomic mass is 9.96. The van der Waals surface area contributed by atoms with E-state index < -0.39 is 0 Å². The topological polar surface area (TPSA) is 63.4 Å². The Morgan fingerprint density at radius 2 is 1.79 bits per heavy atom. The number of carbonyl (C=O) groups excluding carboxylic acids is 2. The molecular weight excluding hydrogens is 240 g/mol. The van der Waals surface area contributed by atoms with E-state index in [1.165, 1.54) is 0 Å². The highest BCUT2D eigenvalue weighted by molar-refractivity contribution is 5.82. The second-order valence-electron chi connectivity index (χ2n) is 5.15. The smallest absolute Gasteiger partial charge is 0.220 e. The number of Topliss-reactive ketones (excluding diaryl/α,β-unsaturated/α-hetero) is 1. The molecule has 1 amide bonds. The van der Waals surface area contributed by atoms with E-state index in [-0.39, 0.29) is 17.6 Å². The fourth-order valence-corrected chi connectivity index (χ4v) is 2.50. The van der Waals surface area contributed by atoms with E-state index in [1.807, 2.05) is 30.3 Å². The maximum atomic E-state index is 12.0. The highest BCUT2D eigenvalue weighted by Crippen LogP contribution is 2.16. The van der Waals surface area contributed by atoms with Crippen LogP contribution in [0.25, 0.3) is 0 Å². The lowest BCUT2D eigenvalue weighted by molar-refractivity contribution is -0.123. The van der Waals surface area contributed by atoms with Gasteiger partial charge in [0.05, 0.1) is 6.54 Å². The molecule has 1 aromatic rings. The Morgan fingerprint density at radius 3 is 2.37 bits per heavy atom. The Hall–Kier alpha value is -1.68. The highest BCUT2D eigenvalue weighted by Gasteiger charge is 2.23. The molecule has 1 heterocycles. The fraction of sp³-hybridized carbons (Fsp3) is 0.467. The predicted molar refractivity (Wildman–Crippen MR) is 73.5 cm³/mol. The Labute approximate surface area is 113 Å². The van der Waals surface area contributed by atoms with Gasteiger partial charge < -0.3 is 5.73 Å². The minimum absolute atomic E-state index is 0.0134. The summed E-state index contributed by atoms with van der Waals surface area (Å²) in [6, 6.07) is 9.78. The summed E-state index contributed by atoms with van der Waals surface area (Å²) in [5.74, 6) is -0.000498. The lowest BCUT2D eigenvalue weighted by Crippen LogP contribution is -2.41. The number of likely N-dealkylation sites (tertiary alicyclic amines) is 1. The standard InChI is InChI=1S/C15H20N2O2/c16-15(19)13-6-8-17(9-7-13)11-14(18)10-12-4-2-1-3-5-12/h1-5,13H,6-11H2,(H2,16,19). The van der Waals surface area contributed by atoms with Crippen LogP contribution in [0.15, 0.2) is 30.3 Å². The number of amides is 1. The van der Waals surface area contributed by atoms with Crippen molar-refractivity contribution in [1.29, 1.82) is 0 Å². The lowest BCUT2D eigenvalue weighted by Gasteiger charge is -2.29. The summed E-state index contributed by atoms with van der Waals surface area (Å²) in [5, 5.41) is 0. The quantitative estimate of drug-likeness (QED) is 0.859. The molecule has 1 fully saturated rings. The van der Waals surface area contributed by atoms with Crippen LogP contribution < -0.4 is 5.73 Å². The molecule has 4 heteroatoms. The molecule has 1 aliphatic heterocycles. The second kappa shape index (κ2) is 6.48. The summed E-state index contributed by atoms with van der Waals surface area (Å²) >= 11 is 0. The van der Waals surface area contributed by atoms with Crippen LogP contribution in [0.3, 0.4) is 0 Å². The molecule has 1 saturated heterocycles. The average molecular weight is 260 g/mol. The normalized spacial score (nSPS) is 17.3. The first-order chi connectivity index (χ1) is 9.15. The second-order valence-corrected chi connectivity index (χ2v) is 5.15. The first kappa shape index (κ1) is 13.7. The van der Waals surface area contributed by atoms with Gasteiger partial charge in [0.2, 0.25) is 5.91 Å². The molecule has 0 aliphatic carbocycles. The van der Waals surface area contributed by atoms with E-state index in [1.54, 1.807) is 0 Å². The van der Waals surface area contributed by atoms with E-state index in [2.05, 4.69) is 4.90 Å². The SMILES string of the molecule is NC(=O)C1CCN(CC(=O)Cc2ccccc2)CC1. The van der Waals surface area contributed by atoms with Crippen LogP contribution >= 0.6 is 0 Å². The Morgan fingerprint density at radius 1 is 1.16 bits per heavy atom. The molecule has 19 heavy (non-hydrogen) atoms. The number of ketones is 1. The number of carbonyl (C=O) groups is 2.